The molecule has 2 atom stereocenters. The average Bonchev–Trinajstić information content (AvgIpc) is 2.81. The van der Waals surface area contributed by atoms with Crippen LogP contribution in [0.2, 0.25) is 5.02 Å². The minimum absolute atomic E-state index is 0.0381. The minimum atomic E-state index is -0.0679. The second-order valence-electron chi connectivity index (χ2n) is 4.93. The van der Waals surface area contributed by atoms with Crippen LogP contribution in [-0.2, 0) is 13.5 Å². The van der Waals surface area contributed by atoms with Crippen LogP contribution in [0.3, 0.4) is 0 Å². The first-order valence-electron chi connectivity index (χ1n) is 6.71. The van der Waals surface area contributed by atoms with Crippen molar-refractivity contribution in [1.82, 2.24) is 9.78 Å². The predicted molar refractivity (Wildman–Crippen MR) is 81.0 cm³/mol. The van der Waals surface area contributed by atoms with E-state index in [1.807, 2.05) is 42.9 Å². The van der Waals surface area contributed by atoms with Gasteiger partial charge in [-0.25, -0.2) is 0 Å². The molecule has 108 valence electrons. The topological polar surface area (TPSA) is 53.1 Å². The fraction of sp³-hybridized carbons (Fsp3) is 0.400. The number of aryl methyl sites for hydroxylation is 2. The zero-order valence-electron chi connectivity index (χ0n) is 11.8. The Morgan fingerprint density at radius 2 is 2.20 bits per heavy atom. The molecule has 0 bridgehead atoms. The molecule has 0 aliphatic rings. The average molecular weight is 294 g/mol. The van der Waals surface area contributed by atoms with E-state index in [4.69, 9.17) is 22.1 Å². The highest BCUT2D eigenvalue weighted by Gasteiger charge is 2.15. The second kappa shape index (κ2) is 6.77. The second-order valence-corrected chi connectivity index (χ2v) is 5.37. The van der Waals surface area contributed by atoms with Gasteiger partial charge in [0, 0.05) is 30.0 Å². The van der Waals surface area contributed by atoms with Gasteiger partial charge in [0.05, 0.1) is 0 Å². The van der Waals surface area contributed by atoms with Crippen molar-refractivity contribution in [2.45, 2.75) is 31.9 Å². The van der Waals surface area contributed by atoms with Gasteiger partial charge in [-0.1, -0.05) is 17.7 Å². The number of nitrogens with two attached hydrogens (primary N) is 1. The first-order chi connectivity index (χ1) is 9.56. The SMILES string of the molecule is CC(Oc1cccc(Cl)c1)C(N)CCc1ccnn1C. The molecule has 0 saturated heterocycles. The molecular formula is C15H20ClN3O. The van der Waals surface area contributed by atoms with E-state index >= 15 is 0 Å². The third-order valence-corrected chi connectivity index (χ3v) is 3.61. The number of rotatable bonds is 6. The quantitative estimate of drug-likeness (QED) is 0.891. The van der Waals surface area contributed by atoms with E-state index in [2.05, 4.69) is 5.10 Å². The number of hydrogen-bond donors (Lipinski definition) is 1. The molecule has 1 aromatic carbocycles. The molecule has 5 heteroatoms. The maximum atomic E-state index is 6.18. The molecule has 0 amide bonds. The highest BCUT2D eigenvalue weighted by molar-refractivity contribution is 6.30. The number of ether oxygens (including phenoxy) is 1. The van der Waals surface area contributed by atoms with Crippen LogP contribution in [0.5, 0.6) is 5.75 Å². The van der Waals surface area contributed by atoms with E-state index in [1.54, 1.807) is 12.3 Å². The van der Waals surface area contributed by atoms with E-state index in [0.717, 1.165) is 18.6 Å². The van der Waals surface area contributed by atoms with Crippen molar-refractivity contribution in [2.75, 3.05) is 0 Å². The summed E-state index contributed by atoms with van der Waals surface area (Å²) in [6.07, 6.45) is 3.47. The van der Waals surface area contributed by atoms with Crippen molar-refractivity contribution in [3.8, 4) is 5.75 Å². The molecule has 4 nitrogen and oxygen atoms in total. The third kappa shape index (κ3) is 3.99. The third-order valence-electron chi connectivity index (χ3n) is 3.38. The lowest BCUT2D eigenvalue weighted by Crippen LogP contribution is -2.37. The molecular weight excluding hydrogens is 274 g/mol. The Kier molecular flexibility index (Phi) is 5.04. The smallest absolute Gasteiger partial charge is 0.121 e. The van der Waals surface area contributed by atoms with E-state index in [0.29, 0.717) is 5.02 Å². The first kappa shape index (κ1) is 14.9. The number of aromatic nitrogens is 2. The van der Waals surface area contributed by atoms with E-state index < -0.39 is 0 Å². The summed E-state index contributed by atoms with van der Waals surface area (Å²) in [6.45, 7) is 1.98. The van der Waals surface area contributed by atoms with Crippen LogP contribution in [0.25, 0.3) is 0 Å². The molecule has 0 fully saturated rings. The van der Waals surface area contributed by atoms with Gasteiger partial charge in [0.15, 0.2) is 0 Å². The summed E-state index contributed by atoms with van der Waals surface area (Å²) in [7, 11) is 1.94. The summed E-state index contributed by atoms with van der Waals surface area (Å²) in [6, 6.07) is 9.34. The molecule has 0 radical (unpaired) electrons. The Hall–Kier alpha value is -1.52. The summed E-state index contributed by atoms with van der Waals surface area (Å²) in [4.78, 5) is 0. The lowest BCUT2D eigenvalue weighted by molar-refractivity contribution is 0.184. The van der Waals surface area contributed by atoms with E-state index in [9.17, 15) is 0 Å². The van der Waals surface area contributed by atoms with Crippen LogP contribution in [0, 0.1) is 0 Å². The summed E-state index contributed by atoms with van der Waals surface area (Å²) in [5.74, 6) is 0.751. The molecule has 20 heavy (non-hydrogen) atoms. The number of halogens is 1. The summed E-state index contributed by atoms with van der Waals surface area (Å²) in [5, 5.41) is 4.81. The predicted octanol–water partition coefficient (Wildman–Crippen LogP) is 2.80. The van der Waals surface area contributed by atoms with Crippen LogP contribution in [-0.4, -0.2) is 21.9 Å². The minimum Gasteiger partial charge on any atom is -0.489 e. The summed E-state index contributed by atoms with van der Waals surface area (Å²) < 4.78 is 7.70. The van der Waals surface area contributed by atoms with E-state index in [1.165, 1.54) is 5.69 Å². The standard InChI is InChI=1S/C15H20ClN3O/c1-11(20-14-5-3-4-12(16)10-14)15(17)7-6-13-8-9-18-19(13)2/h3-5,8-11,15H,6-7,17H2,1-2H3. The maximum absolute atomic E-state index is 6.18. The van der Waals surface area contributed by atoms with Crippen molar-refractivity contribution in [1.29, 1.82) is 0 Å². The number of hydrogen-bond acceptors (Lipinski definition) is 3. The van der Waals surface area contributed by atoms with Gasteiger partial charge < -0.3 is 10.5 Å². The molecule has 2 N–H and O–H groups in total. The van der Waals surface area contributed by atoms with Gasteiger partial charge >= 0.3 is 0 Å². The van der Waals surface area contributed by atoms with Gasteiger partial charge in [-0.05, 0) is 44.0 Å². The molecule has 1 heterocycles. The van der Waals surface area contributed by atoms with Gasteiger partial charge in [0.1, 0.15) is 11.9 Å². The van der Waals surface area contributed by atoms with Crippen molar-refractivity contribution < 1.29 is 4.74 Å². The Labute approximate surface area is 124 Å². The van der Waals surface area contributed by atoms with Gasteiger partial charge in [0.2, 0.25) is 0 Å². The summed E-state index contributed by atoms with van der Waals surface area (Å²) >= 11 is 5.93. The largest absolute Gasteiger partial charge is 0.489 e. The number of nitrogens with zero attached hydrogens (tertiary/aromatic N) is 2. The van der Waals surface area contributed by atoms with Crippen molar-refractivity contribution in [3.63, 3.8) is 0 Å². The normalized spacial score (nSPS) is 14.0. The number of benzene rings is 1. The molecule has 2 unspecified atom stereocenters. The first-order valence-corrected chi connectivity index (χ1v) is 7.08. The molecule has 0 spiro atoms. The van der Waals surface area contributed by atoms with Crippen molar-refractivity contribution >= 4 is 11.6 Å². The lowest BCUT2D eigenvalue weighted by atomic mass is 10.1. The fourth-order valence-electron chi connectivity index (χ4n) is 2.04. The molecule has 0 saturated carbocycles. The molecule has 1 aromatic heterocycles. The Bertz CT molecular complexity index is 556. The monoisotopic (exact) mass is 293 g/mol. The van der Waals surface area contributed by atoms with Gasteiger partial charge in [0.25, 0.3) is 0 Å². The highest BCUT2D eigenvalue weighted by Crippen LogP contribution is 2.19. The zero-order chi connectivity index (χ0) is 14.5. The lowest BCUT2D eigenvalue weighted by Gasteiger charge is -2.21. The van der Waals surface area contributed by atoms with Crippen LogP contribution >= 0.6 is 11.6 Å². The molecule has 0 aliphatic carbocycles. The Balaban J connectivity index is 1.86. The van der Waals surface area contributed by atoms with Crippen LogP contribution in [0.4, 0.5) is 0 Å². The van der Waals surface area contributed by atoms with Crippen LogP contribution in [0.1, 0.15) is 19.0 Å². The zero-order valence-corrected chi connectivity index (χ0v) is 12.5. The Morgan fingerprint density at radius 1 is 1.40 bits per heavy atom. The molecule has 0 aliphatic heterocycles. The van der Waals surface area contributed by atoms with Crippen LogP contribution < -0.4 is 10.5 Å². The van der Waals surface area contributed by atoms with Gasteiger partial charge in [-0.2, -0.15) is 5.10 Å². The summed E-state index contributed by atoms with van der Waals surface area (Å²) in [5.41, 5.74) is 7.36. The molecule has 2 aromatic rings. The Morgan fingerprint density at radius 3 is 2.85 bits per heavy atom. The van der Waals surface area contributed by atoms with Crippen molar-refractivity contribution in [3.05, 3.63) is 47.2 Å². The van der Waals surface area contributed by atoms with Crippen LogP contribution in [0.15, 0.2) is 36.5 Å². The highest BCUT2D eigenvalue weighted by atomic mass is 35.5. The van der Waals surface area contributed by atoms with Gasteiger partial charge in [-0.3, -0.25) is 4.68 Å². The van der Waals surface area contributed by atoms with Crippen molar-refractivity contribution in [2.24, 2.45) is 12.8 Å². The van der Waals surface area contributed by atoms with Gasteiger partial charge in [-0.15, -0.1) is 0 Å². The molecule has 2 rings (SSSR count). The maximum Gasteiger partial charge on any atom is 0.121 e. The van der Waals surface area contributed by atoms with E-state index in [-0.39, 0.29) is 12.1 Å². The fourth-order valence-corrected chi connectivity index (χ4v) is 2.22.